The van der Waals surface area contributed by atoms with Gasteiger partial charge in [0.15, 0.2) is 5.78 Å². The summed E-state index contributed by atoms with van der Waals surface area (Å²) in [4.78, 5) is 28.0. The number of hydrogen-bond acceptors (Lipinski definition) is 4. The normalized spacial score (nSPS) is 11.9. The summed E-state index contributed by atoms with van der Waals surface area (Å²) in [6, 6.07) is 3.51. The molecule has 18 heavy (non-hydrogen) atoms. The van der Waals surface area contributed by atoms with E-state index in [1.165, 1.54) is 0 Å². The number of aryl methyl sites for hydroxylation is 1. The molecule has 1 aromatic rings. The molecule has 1 rings (SSSR count). The highest BCUT2D eigenvalue weighted by Crippen LogP contribution is 2.15. The van der Waals surface area contributed by atoms with Gasteiger partial charge in [-0.3, -0.25) is 14.6 Å². The van der Waals surface area contributed by atoms with E-state index in [4.69, 9.17) is 4.74 Å². The zero-order valence-corrected chi connectivity index (χ0v) is 11.1. The van der Waals surface area contributed by atoms with Gasteiger partial charge in [-0.1, -0.05) is 13.3 Å². The number of ether oxygens (including phenoxy) is 1. The molecule has 4 nitrogen and oxygen atoms in total. The van der Waals surface area contributed by atoms with Crippen molar-refractivity contribution in [3.63, 3.8) is 0 Å². The molecule has 98 valence electrons. The number of aromatic nitrogens is 1. The maximum atomic E-state index is 12.2. The molecule has 0 bridgehead atoms. The molecule has 0 saturated heterocycles. The molecule has 0 aliphatic heterocycles. The van der Waals surface area contributed by atoms with E-state index in [0.29, 0.717) is 12.1 Å². The first-order chi connectivity index (χ1) is 8.60. The van der Waals surface area contributed by atoms with Crippen LogP contribution in [0.1, 0.15) is 42.7 Å². The van der Waals surface area contributed by atoms with E-state index < -0.39 is 11.9 Å². The Labute approximate surface area is 107 Å². The van der Waals surface area contributed by atoms with Crippen molar-refractivity contribution in [3.05, 3.63) is 29.6 Å². The fraction of sp³-hybridized carbons (Fsp3) is 0.500. The lowest BCUT2D eigenvalue weighted by atomic mass is 9.96. The Morgan fingerprint density at radius 3 is 2.67 bits per heavy atom. The summed E-state index contributed by atoms with van der Waals surface area (Å²) in [6.07, 6.45) is 2.82. The van der Waals surface area contributed by atoms with Crippen LogP contribution in [0.15, 0.2) is 18.3 Å². The van der Waals surface area contributed by atoms with E-state index in [2.05, 4.69) is 4.98 Å². The maximum Gasteiger partial charge on any atom is 0.316 e. The number of esters is 1. The third-order valence-corrected chi connectivity index (χ3v) is 2.63. The number of rotatable bonds is 6. The average Bonchev–Trinajstić information content (AvgIpc) is 2.35. The molecular weight excluding hydrogens is 230 g/mol. The van der Waals surface area contributed by atoms with Crippen molar-refractivity contribution in [2.75, 3.05) is 6.61 Å². The maximum absolute atomic E-state index is 12.2. The van der Waals surface area contributed by atoms with Crippen LogP contribution >= 0.6 is 0 Å². The van der Waals surface area contributed by atoms with Crippen LogP contribution in [0.25, 0.3) is 0 Å². The van der Waals surface area contributed by atoms with Gasteiger partial charge in [-0.25, -0.2) is 0 Å². The molecule has 0 radical (unpaired) electrons. The van der Waals surface area contributed by atoms with Crippen LogP contribution in [-0.2, 0) is 9.53 Å². The minimum absolute atomic E-state index is 0.251. The van der Waals surface area contributed by atoms with Gasteiger partial charge in [0.1, 0.15) is 11.6 Å². The molecule has 0 fully saturated rings. The molecule has 0 saturated carbocycles. The van der Waals surface area contributed by atoms with Gasteiger partial charge in [-0.05, 0) is 38.0 Å². The summed E-state index contributed by atoms with van der Waals surface area (Å²) in [6.45, 7) is 5.84. The van der Waals surface area contributed by atoms with Gasteiger partial charge in [-0.15, -0.1) is 0 Å². The van der Waals surface area contributed by atoms with Crippen LogP contribution in [0.5, 0.6) is 0 Å². The molecule has 4 heteroatoms. The molecule has 1 heterocycles. The third kappa shape index (κ3) is 3.65. The van der Waals surface area contributed by atoms with Crippen molar-refractivity contribution in [3.8, 4) is 0 Å². The Morgan fingerprint density at radius 2 is 2.11 bits per heavy atom. The van der Waals surface area contributed by atoms with Crippen LogP contribution in [0, 0.1) is 12.8 Å². The van der Waals surface area contributed by atoms with Crippen LogP contribution < -0.4 is 0 Å². The predicted octanol–water partition coefficient (Wildman–Crippen LogP) is 2.55. The smallest absolute Gasteiger partial charge is 0.316 e. The molecule has 0 aliphatic rings. The second kappa shape index (κ2) is 6.89. The fourth-order valence-corrected chi connectivity index (χ4v) is 1.74. The van der Waals surface area contributed by atoms with E-state index in [-0.39, 0.29) is 12.4 Å². The molecule has 0 amide bonds. The topological polar surface area (TPSA) is 56.3 Å². The van der Waals surface area contributed by atoms with Crippen LogP contribution in [0.4, 0.5) is 0 Å². The highest BCUT2D eigenvalue weighted by molar-refractivity contribution is 6.07. The zero-order chi connectivity index (χ0) is 13.5. The highest BCUT2D eigenvalue weighted by atomic mass is 16.5. The fourth-order valence-electron chi connectivity index (χ4n) is 1.74. The summed E-state index contributed by atoms with van der Waals surface area (Å²) in [5.41, 5.74) is 1.29. The lowest BCUT2D eigenvalue weighted by Crippen LogP contribution is -2.27. The van der Waals surface area contributed by atoms with Crippen molar-refractivity contribution in [1.29, 1.82) is 0 Å². The SMILES string of the molecule is CCCC(C(=O)OCC)C(=O)c1cc(C)ccn1. The largest absolute Gasteiger partial charge is 0.465 e. The van der Waals surface area contributed by atoms with Crippen molar-refractivity contribution in [2.45, 2.75) is 33.6 Å². The Bertz CT molecular complexity index is 429. The number of ketones is 1. The van der Waals surface area contributed by atoms with Gasteiger partial charge in [0.25, 0.3) is 0 Å². The number of hydrogen-bond donors (Lipinski definition) is 0. The van der Waals surface area contributed by atoms with Gasteiger partial charge in [0, 0.05) is 6.20 Å². The first-order valence-corrected chi connectivity index (χ1v) is 6.23. The first kappa shape index (κ1) is 14.4. The summed E-state index contributed by atoms with van der Waals surface area (Å²) in [5, 5.41) is 0. The highest BCUT2D eigenvalue weighted by Gasteiger charge is 2.28. The van der Waals surface area contributed by atoms with E-state index in [1.54, 1.807) is 19.2 Å². The molecule has 1 aromatic heterocycles. The lowest BCUT2D eigenvalue weighted by Gasteiger charge is -2.13. The zero-order valence-electron chi connectivity index (χ0n) is 11.1. The van der Waals surface area contributed by atoms with Crippen LogP contribution in [-0.4, -0.2) is 23.3 Å². The standard InChI is InChI=1S/C14H19NO3/c1-4-6-11(14(17)18-5-2)13(16)12-9-10(3)7-8-15-12/h7-9,11H,4-6H2,1-3H3. The summed E-state index contributed by atoms with van der Waals surface area (Å²) >= 11 is 0. The summed E-state index contributed by atoms with van der Waals surface area (Å²) < 4.78 is 4.94. The van der Waals surface area contributed by atoms with Gasteiger partial charge in [-0.2, -0.15) is 0 Å². The van der Waals surface area contributed by atoms with Crippen molar-refractivity contribution < 1.29 is 14.3 Å². The summed E-state index contributed by atoms with van der Waals surface area (Å²) in [7, 11) is 0. The molecule has 0 N–H and O–H groups in total. The first-order valence-electron chi connectivity index (χ1n) is 6.23. The Morgan fingerprint density at radius 1 is 1.39 bits per heavy atom. The molecule has 0 spiro atoms. The third-order valence-electron chi connectivity index (χ3n) is 2.63. The van der Waals surface area contributed by atoms with E-state index in [0.717, 1.165) is 12.0 Å². The molecule has 1 unspecified atom stereocenters. The van der Waals surface area contributed by atoms with E-state index in [1.807, 2.05) is 19.9 Å². The number of carbonyl (C=O) groups excluding carboxylic acids is 2. The Hall–Kier alpha value is -1.71. The number of carbonyl (C=O) groups is 2. The number of Topliss-reactive ketones (excluding diaryl/α,β-unsaturated/α-hetero) is 1. The van der Waals surface area contributed by atoms with E-state index >= 15 is 0 Å². The quantitative estimate of drug-likeness (QED) is 0.441. The number of nitrogens with zero attached hydrogens (tertiary/aromatic N) is 1. The van der Waals surface area contributed by atoms with Crippen LogP contribution in [0.2, 0.25) is 0 Å². The van der Waals surface area contributed by atoms with Gasteiger partial charge in [0.2, 0.25) is 0 Å². The second-order valence-electron chi connectivity index (χ2n) is 4.18. The van der Waals surface area contributed by atoms with Gasteiger partial charge in [0.05, 0.1) is 6.61 Å². The van der Waals surface area contributed by atoms with Crippen molar-refractivity contribution >= 4 is 11.8 Å². The molecular formula is C14H19NO3. The molecule has 0 aromatic carbocycles. The summed E-state index contributed by atoms with van der Waals surface area (Å²) in [5.74, 6) is -1.43. The average molecular weight is 249 g/mol. The van der Waals surface area contributed by atoms with Gasteiger partial charge < -0.3 is 4.74 Å². The Balaban J connectivity index is 2.92. The van der Waals surface area contributed by atoms with Crippen molar-refractivity contribution in [2.24, 2.45) is 5.92 Å². The van der Waals surface area contributed by atoms with Gasteiger partial charge >= 0.3 is 5.97 Å². The van der Waals surface area contributed by atoms with E-state index in [9.17, 15) is 9.59 Å². The lowest BCUT2D eigenvalue weighted by molar-refractivity contribution is -0.146. The Kier molecular flexibility index (Phi) is 5.49. The number of pyridine rings is 1. The molecule has 0 aliphatic carbocycles. The van der Waals surface area contributed by atoms with Crippen molar-refractivity contribution in [1.82, 2.24) is 4.98 Å². The second-order valence-corrected chi connectivity index (χ2v) is 4.18. The predicted molar refractivity (Wildman–Crippen MR) is 68.3 cm³/mol. The molecule has 1 atom stereocenters. The minimum Gasteiger partial charge on any atom is -0.465 e. The van der Waals surface area contributed by atoms with Crippen LogP contribution in [0.3, 0.4) is 0 Å². The monoisotopic (exact) mass is 249 g/mol. The minimum atomic E-state index is -0.732.